The minimum absolute atomic E-state index is 0.160. The molecular weight excluding hydrogens is 284 g/mol. The number of hydrogen-bond donors (Lipinski definition) is 1. The van der Waals surface area contributed by atoms with Gasteiger partial charge in [0.15, 0.2) is 0 Å². The second-order valence-corrected chi connectivity index (χ2v) is 4.51. The summed E-state index contributed by atoms with van der Waals surface area (Å²) < 4.78 is 51.0. The van der Waals surface area contributed by atoms with Crippen LogP contribution in [-0.4, -0.2) is 0 Å². The van der Waals surface area contributed by atoms with Crippen LogP contribution in [-0.2, 0) is 6.18 Å². The van der Waals surface area contributed by atoms with Gasteiger partial charge in [0, 0.05) is 5.69 Å². The second kappa shape index (κ2) is 5.44. The first kappa shape index (κ1) is 14.9. The van der Waals surface area contributed by atoms with Gasteiger partial charge in [0.25, 0.3) is 0 Å². The van der Waals surface area contributed by atoms with E-state index in [-0.39, 0.29) is 11.3 Å². The predicted molar refractivity (Wildman–Crippen MR) is 70.6 cm³/mol. The Morgan fingerprint density at radius 1 is 1.10 bits per heavy atom. The maximum absolute atomic E-state index is 13.3. The summed E-state index contributed by atoms with van der Waals surface area (Å²) >= 11 is 0. The van der Waals surface area contributed by atoms with Crippen LogP contribution in [0.1, 0.15) is 16.7 Å². The molecular formula is C15H10F4N2. The van der Waals surface area contributed by atoms with E-state index in [9.17, 15) is 17.6 Å². The van der Waals surface area contributed by atoms with E-state index in [2.05, 4.69) is 5.32 Å². The monoisotopic (exact) mass is 294 g/mol. The molecule has 0 spiro atoms. The molecule has 0 aliphatic heterocycles. The Morgan fingerprint density at radius 3 is 2.38 bits per heavy atom. The van der Waals surface area contributed by atoms with Crippen LogP contribution in [0.5, 0.6) is 0 Å². The number of anilines is 2. The van der Waals surface area contributed by atoms with E-state index in [1.807, 2.05) is 0 Å². The molecule has 0 aromatic heterocycles. The summed E-state index contributed by atoms with van der Waals surface area (Å²) in [5, 5.41) is 11.7. The molecule has 0 heterocycles. The summed E-state index contributed by atoms with van der Waals surface area (Å²) in [6, 6.07) is 8.63. The Hall–Kier alpha value is -2.55. The number of nitrogens with zero attached hydrogens (tertiary/aromatic N) is 1. The van der Waals surface area contributed by atoms with Crippen molar-refractivity contribution in [2.75, 3.05) is 5.32 Å². The van der Waals surface area contributed by atoms with Crippen LogP contribution >= 0.6 is 0 Å². The van der Waals surface area contributed by atoms with Crippen molar-refractivity contribution >= 4 is 11.4 Å². The number of nitrogens with one attached hydrogen (secondary N) is 1. The minimum Gasteiger partial charge on any atom is -0.354 e. The number of alkyl halides is 3. The summed E-state index contributed by atoms with van der Waals surface area (Å²) in [7, 11) is 0. The van der Waals surface area contributed by atoms with Crippen molar-refractivity contribution in [3.8, 4) is 6.07 Å². The number of hydrogen-bond acceptors (Lipinski definition) is 2. The van der Waals surface area contributed by atoms with E-state index in [0.29, 0.717) is 11.3 Å². The average Bonchev–Trinajstić information content (AvgIpc) is 2.36. The first-order valence-corrected chi connectivity index (χ1v) is 5.95. The topological polar surface area (TPSA) is 35.8 Å². The lowest BCUT2D eigenvalue weighted by molar-refractivity contribution is -0.137. The zero-order valence-electron chi connectivity index (χ0n) is 10.9. The summed E-state index contributed by atoms with van der Waals surface area (Å²) in [6.45, 7) is 1.69. The third-order valence-electron chi connectivity index (χ3n) is 2.79. The van der Waals surface area contributed by atoms with Gasteiger partial charge in [0.2, 0.25) is 0 Å². The first-order chi connectivity index (χ1) is 9.79. The molecule has 0 unspecified atom stereocenters. The number of rotatable bonds is 2. The highest BCUT2D eigenvalue weighted by molar-refractivity contribution is 5.67. The fourth-order valence-electron chi connectivity index (χ4n) is 1.89. The number of halogens is 4. The lowest BCUT2D eigenvalue weighted by Gasteiger charge is -2.12. The molecule has 0 bridgehead atoms. The van der Waals surface area contributed by atoms with Crippen LogP contribution in [0.15, 0.2) is 36.4 Å². The van der Waals surface area contributed by atoms with Gasteiger partial charge in [-0.15, -0.1) is 0 Å². The van der Waals surface area contributed by atoms with Gasteiger partial charge in [-0.05, 0) is 48.9 Å². The van der Waals surface area contributed by atoms with E-state index in [1.54, 1.807) is 19.1 Å². The predicted octanol–water partition coefficient (Wildman–Crippen LogP) is 4.77. The van der Waals surface area contributed by atoms with Crippen LogP contribution < -0.4 is 5.32 Å². The van der Waals surface area contributed by atoms with Crippen molar-refractivity contribution in [3.63, 3.8) is 0 Å². The molecule has 21 heavy (non-hydrogen) atoms. The first-order valence-electron chi connectivity index (χ1n) is 5.95. The summed E-state index contributed by atoms with van der Waals surface area (Å²) in [4.78, 5) is 0. The third kappa shape index (κ3) is 3.51. The smallest absolute Gasteiger partial charge is 0.354 e. The Morgan fingerprint density at radius 2 is 1.81 bits per heavy atom. The van der Waals surface area contributed by atoms with Gasteiger partial charge in [-0.2, -0.15) is 18.4 Å². The highest BCUT2D eigenvalue weighted by atomic mass is 19.4. The van der Waals surface area contributed by atoms with Gasteiger partial charge in [-0.1, -0.05) is 0 Å². The Labute approximate surface area is 118 Å². The Bertz CT molecular complexity index is 694. The van der Waals surface area contributed by atoms with Gasteiger partial charge in [-0.3, -0.25) is 0 Å². The molecule has 2 nitrogen and oxygen atoms in total. The highest BCUT2D eigenvalue weighted by Gasteiger charge is 2.31. The number of aryl methyl sites for hydroxylation is 1. The second-order valence-electron chi connectivity index (χ2n) is 4.51. The third-order valence-corrected chi connectivity index (χ3v) is 2.79. The van der Waals surface area contributed by atoms with Crippen LogP contribution in [0.3, 0.4) is 0 Å². The molecule has 0 aliphatic rings. The SMILES string of the molecule is Cc1cc(F)cc(Nc2ccc(C(F)(F)F)cc2C#N)c1. The van der Waals surface area contributed by atoms with Gasteiger partial charge in [-0.25, -0.2) is 4.39 Å². The van der Waals surface area contributed by atoms with Crippen molar-refractivity contribution in [1.29, 1.82) is 5.26 Å². The molecule has 0 saturated carbocycles. The molecule has 2 aromatic carbocycles. The number of benzene rings is 2. The van der Waals surface area contributed by atoms with E-state index in [1.165, 1.54) is 12.1 Å². The molecule has 2 aromatic rings. The van der Waals surface area contributed by atoms with Crippen LogP contribution in [0, 0.1) is 24.1 Å². The fraction of sp³-hybridized carbons (Fsp3) is 0.133. The molecule has 0 atom stereocenters. The maximum Gasteiger partial charge on any atom is 0.416 e. The van der Waals surface area contributed by atoms with Crippen molar-refractivity contribution < 1.29 is 17.6 Å². The highest BCUT2D eigenvalue weighted by Crippen LogP contribution is 2.32. The van der Waals surface area contributed by atoms with Crippen molar-refractivity contribution in [1.82, 2.24) is 0 Å². The average molecular weight is 294 g/mol. The normalized spacial score (nSPS) is 11.0. The molecule has 0 fully saturated rings. The number of nitriles is 1. The molecule has 0 amide bonds. The Balaban J connectivity index is 2.39. The van der Waals surface area contributed by atoms with Gasteiger partial charge in [0.05, 0.1) is 16.8 Å². The summed E-state index contributed by atoms with van der Waals surface area (Å²) in [5.74, 6) is -0.470. The molecule has 0 aliphatic carbocycles. The zero-order chi connectivity index (χ0) is 15.6. The lowest BCUT2D eigenvalue weighted by atomic mass is 10.1. The van der Waals surface area contributed by atoms with Crippen molar-refractivity contribution in [2.45, 2.75) is 13.1 Å². The molecule has 0 radical (unpaired) electrons. The van der Waals surface area contributed by atoms with E-state index >= 15 is 0 Å². The molecule has 6 heteroatoms. The van der Waals surface area contributed by atoms with Crippen molar-refractivity contribution in [2.24, 2.45) is 0 Å². The minimum atomic E-state index is -4.51. The maximum atomic E-state index is 13.3. The summed E-state index contributed by atoms with van der Waals surface area (Å²) in [5.41, 5.74) is 0.147. The summed E-state index contributed by atoms with van der Waals surface area (Å²) in [6.07, 6.45) is -4.51. The molecule has 0 saturated heterocycles. The van der Waals surface area contributed by atoms with E-state index in [0.717, 1.165) is 18.2 Å². The van der Waals surface area contributed by atoms with E-state index in [4.69, 9.17) is 5.26 Å². The quantitative estimate of drug-likeness (QED) is 0.810. The standard InChI is InChI=1S/C15H10F4N2/c1-9-4-12(16)7-13(5-9)21-14-3-2-11(15(17,18)19)6-10(14)8-20/h2-7,21H,1H3. The zero-order valence-corrected chi connectivity index (χ0v) is 10.9. The Kier molecular flexibility index (Phi) is 3.85. The molecule has 108 valence electrons. The van der Waals surface area contributed by atoms with Crippen LogP contribution in [0.2, 0.25) is 0 Å². The fourth-order valence-corrected chi connectivity index (χ4v) is 1.89. The molecule has 1 N–H and O–H groups in total. The van der Waals surface area contributed by atoms with E-state index < -0.39 is 17.6 Å². The lowest BCUT2D eigenvalue weighted by Crippen LogP contribution is -2.06. The largest absolute Gasteiger partial charge is 0.416 e. The van der Waals surface area contributed by atoms with Gasteiger partial charge >= 0.3 is 6.18 Å². The van der Waals surface area contributed by atoms with Crippen molar-refractivity contribution in [3.05, 3.63) is 58.9 Å². The van der Waals surface area contributed by atoms with Gasteiger partial charge in [0.1, 0.15) is 11.9 Å². The van der Waals surface area contributed by atoms with Crippen LogP contribution in [0.4, 0.5) is 28.9 Å². The van der Waals surface area contributed by atoms with Crippen LogP contribution in [0.25, 0.3) is 0 Å². The van der Waals surface area contributed by atoms with Gasteiger partial charge < -0.3 is 5.32 Å². The molecule has 2 rings (SSSR count).